The van der Waals surface area contributed by atoms with E-state index in [0.717, 1.165) is 0 Å². The van der Waals surface area contributed by atoms with Crippen LogP contribution in [0.15, 0.2) is 12.4 Å². The van der Waals surface area contributed by atoms with Gasteiger partial charge in [-0.05, 0) is 18.8 Å². The van der Waals surface area contributed by atoms with Crippen LogP contribution >= 0.6 is 0 Å². The first-order valence-electron chi connectivity index (χ1n) is 8.40. The largest absolute Gasteiger partial charge is 0.356 e. The maximum Gasteiger partial charge on any atom is 0.103 e. The van der Waals surface area contributed by atoms with Gasteiger partial charge in [-0.25, -0.2) is 0 Å². The highest BCUT2D eigenvalue weighted by atomic mass is 15.4. The summed E-state index contributed by atoms with van der Waals surface area (Å²) in [5.74, 6) is 0.697. The van der Waals surface area contributed by atoms with Crippen molar-refractivity contribution in [3.8, 4) is 0 Å². The monoisotopic (exact) mass is 266 g/mol. The molecule has 0 aromatic carbocycles. The predicted molar refractivity (Wildman–Crippen MR) is 84.8 cm³/mol. The summed E-state index contributed by atoms with van der Waals surface area (Å²) in [5.41, 5.74) is 0. The Hall–Kier alpha value is -0.660. The second-order valence-electron chi connectivity index (χ2n) is 6.20. The highest BCUT2D eigenvalue weighted by Crippen LogP contribution is 2.23. The van der Waals surface area contributed by atoms with E-state index in [1.54, 1.807) is 0 Å². The minimum absolute atomic E-state index is 0.595. The first kappa shape index (κ1) is 16.4. The summed E-state index contributed by atoms with van der Waals surface area (Å²) in [6.45, 7) is 11.7. The SMILES string of the molecule is CCCCCCCN1C=CN(CCCC)C1C(C)C. The average Bonchev–Trinajstić information content (AvgIpc) is 2.79. The number of hydrogen-bond donors (Lipinski definition) is 0. The Morgan fingerprint density at radius 2 is 1.32 bits per heavy atom. The molecule has 0 aliphatic carbocycles. The fourth-order valence-electron chi connectivity index (χ4n) is 2.96. The molecule has 112 valence electrons. The third-order valence-electron chi connectivity index (χ3n) is 4.02. The van der Waals surface area contributed by atoms with Gasteiger partial charge in [0, 0.05) is 25.5 Å². The van der Waals surface area contributed by atoms with Gasteiger partial charge in [0.25, 0.3) is 0 Å². The summed E-state index contributed by atoms with van der Waals surface area (Å²) in [4.78, 5) is 5.10. The Labute approximate surface area is 120 Å². The van der Waals surface area contributed by atoms with Crippen LogP contribution in [0.1, 0.15) is 72.6 Å². The average molecular weight is 266 g/mol. The van der Waals surface area contributed by atoms with Crippen molar-refractivity contribution in [3.63, 3.8) is 0 Å². The van der Waals surface area contributed by atoms with Crippen LogP contribution in [-0.2, 0) is 0 Å². The highest BCUT2D eigenvalue weighted by molar-refractivity contribution is 4.98. The van der Waals surface area contributed by atoms with E-state index < -0.39 is 0 Å². The first-order chi connectivity index (χ1) is 9.20. The minimum atomic E-state index is 0.595. The van der Waals surface area contributed by atoms with Crippen LogP contribution in [-0.4, -0.2) is 29.1 Å². The lowest BCUT2D eigenvalue weighted by molar-refractivity contribution is 0.104. The van der Waals surface area contributed by atoms with Gasteiger partial charge in [0.2, 0.25) is 0 Å². The minimum Gasteiger partial charge on any atom is -0.356 e. The number of rotatable bonds is 10. The summed E-state index contributed by atoms with van der Waals surface area (Å²) < 4.78 is 0. The quantitative estimate of drug-likeness (QED) is 0.523. The van der Waals surface area contributed by atoms with Crippen molar-refractivity contribution < 1.29 is 0 Å². The van der Waals surface area contributed by atoms with Crippen molar-refractivity contribution in [3.05, 3.63) is 12.4 Å². The van der Waals surface area contributed by atoms with Crippen molar-refractivity contribution in [1.29, 1.82) is 0 Å². The normalized spacial score (nSPS) is 18.9. The summed E-state index contributed by atoms with van der Waals surface area (Å²) in [5, 5.41) is 0. The third-order valence-corrected chi connectivity index (χ3v) is 4.02. The molecule has 0 radical (unpaired) electrons. The van der Waals surface area contributed by atoms with Gasteiger partial charge in [-0.15, -0.1) is 0 Å². The second kappa shape index (κ2) is 9.28. The second-order valence-corrected chi connectivity index (χ2v) is 6.20. The van der Waals surface area contributed by atoms with Gasteiger partial charge in [-0.2, -0.15) is 0 Å². The van der Waals surface area contributed by atoms with Gasteiger partial charge in [-0.3, -0.25) is 0 Å². The molecule has 2 heteroatoms. The van der Waals surface area contributed by atoms with E-state index in [0.29, 0.717) is 12.1 Å². The van der Waals surface area contributed by atoms with Crippen LogP contribution in [0.5, 0.6) is 0 Å². The van der Waals surface area contributed by atoms with Crippen LogP contribution in [0.2, 0.25) is 0 Å². The lowest BCUT2D eigenvalue weighted by Gasteiger charge is -2.35. The summed E-state index contributed by atoms with van der Waals surface area (Å²) >= 11 is 0. The fourth-order valence-corrected chi connectivity index (χ4v) is 2.96. The lowest BCUT2D eigenvalue weighted by atomic mass is 10.1. The van der Waals surface area contributed by atoms with Gasteiger partial charge in [0.05, 0.1) is 0 Å². The molecule has 19 heavy (non-hydrogen) atoms. The number of unbranched alkanes of at least 4 members (excludes halogenated alkanes) is 5. The fraction of sp³-hybridized carbons (Fsp3) is 0.882. The molecule has 0 spiro atoms. The molecule has 1 aliphatic rings. The van der Waals surface area contributed by atoms with Crippen LogP contribution in [0.3, 0.4) is 0 Å². The van der Waals surface area contributed by atoms with E-state index in [1.165, 1.54) is 58.0 Å². The van der Waals surface area contributed by atoms with Crippen LogP contribution < -0.4 is 0 Å². The van der Waals surface area contributed by atoms with Crippen molar-refractivity contribution in [1.82, 2.24) is 9.80 Å². The Kier molecular flexibility index (Phi) is 8.00. The highest BCUT2D eigenvalue weighted by Gasteiger charge is 2.27. The van der Waals surface area contributed by atoms with Gasteiger partial charge < -0.3 is 9.80 Å². The smallest absolute Gasteiger partial charge is 0.103 e. The van der Waals surface area contributed by atoms with Crippen LogP contribution in [0, 0.1) is 5.92 Å². The van der Waals surface area contributed by atoms with Crippen LogP contribution in [0.25, 0.3) is 0 Å². The summed E-state index contributed by atoms with van der Waals surface area (Å²) in [7, 11) is 0. The van der Waals surface area contributed by atoms with Crippen LogP contribution in [0.4, 0.5) is 0 Å². The van der Waals surface area contributed by atoms with Gasteiger partial charge >= 0.3 is 0 Å². The van der Waals surface area contributed by atoms with E-state index in [2.05, 4.69) is 49.9 Å². The zero-order chi connectivity index (χ0) is 14.1. The molecule has 0 aromatic heterocycles. The molecule has 1 heterocycles. The van der Waals surface area contributed by atoms with Gasteiger partial charge in [0.1, 0.15) is 6.17 Å². The maximum absolute atomic E-state index is 2.56. The molecule has 0 fully saturated rings. The van der Waals surface area contributed by atoms with E-state index in [9.17, 15) is 0 Å². The Bertz CT molecular complexity index is 248. The number of hydrogen-bond acceptors (Lipinski definition) is 2. The van der Waals surface area contributed by atoms with E-state index >= 15 is 0 Å². The van der Waals surface area contributed by atoms with Crippen molar-refractivity contribution in [2.45, 2.75) is 78.8 Å². The zero-order valence-electron chi connectivity index (χ0n) is 13.6. The summed E-state index contributed by atoms with van der Waals surface area (Å²) in [6.07, 6.45) is 14.7. The van der Waals surface area contributed by atoms with Crippen molar-refractivity contribution in [2.24, 2.45) is 5.92 Å². The van der Waals surface area contributed by atoms with Crippen molar-refractivity contribution in [2.75, 3.05) is 13.1 Å². The van der Waals surface area contributed by atoms with Crippen molar-refractivity contribution >= 4 is 0 Å². The number of nitrogens with zero attached hydrogens (tertiary/aromatic N) is 2. The molecule has 2 nitrogen and oxygen atoms in total. The van der Waals surface area contributed by atoms with E-state index in [-0.39, 0.29) is 0 Å². The van der Waals surface area contributed by atoms with E-state index in [4.69, 9.17) is 0 Å². The molecule has 1 aliphatic heterocycles. The molecular weight excluding hydrogens is 232 g/mol. The third kappa shape index (κ3) is 5.46. The molecule has 0 amide bonds. The van der Waals surface area contributed by atoms with E-state index in [1.807, 2.05) is 0 Å². The molecule has 0 N–H and O–H groups in total. The molecule has 0 aromatic rings. The Balaban J connectivity index is 2.34. The lowest BCUT2D eigenvalue weighted by Crippen LogP contribution is -2.43. The Morgan fingerprint density at radius 3 is 1.84 bits per heavy atom. The first-order valence-corrected chi connectivity index (χ1v) is 8.40. The molecule has 1 atom stereocenters. The Morgan fingerprint density at radius 1 is 0.789 bits per heavy atom. The molecule has 0 bridgehead atoms. The molecular formula is C17H34N2. The van der Waals surface area contributed by atoms with Gasteiger partial charge in [-0.1, -0.05) is 59.8 Å². The zero-order valence-corrected chi connectivity index (χ0v) is 13.6. The molecule has 1 rings (SSSR count). The topological polar surface area (TPSA) is 6.48 Å². The molecule has 0 saturated heterocycles. The predicted octanol–water partition coefficient (Wildman–Crippen LogP) is 4.83. The molecule has 0 saturated carbocycles. The van der Waals surface area contributed by atoms with Gasteiger partial charge in [0.15, 0.2) is 0 Å². The summed E-state index contributed by atoms with van der Waals surface area (Å²) in [6, 6.07) is 0. The standard InChI is InChI=1S/C17H34N2/c1-5-7-9-10-11-13-19-15-14-18(12-8-6-2)17(19)16(3)4/h14-17H,5-13H2,1-4H3. The maximum atomic E-state index is 2.56. The molecule has 1 unspecified atom stereocenters.